The third-order valence-electron chi connectivity index (χ3n) is 4.16. The van der Waals surface area contributed by atoms with E-state index in [9.17, 15) is 18.4 Å². The van der Waals surface area contributed by atoms with Crippen LogP contribution >= 0.6 is 0 Å². The second kappa shape index (κ2) is 7.23. The molecule has 8 heteroatoms. The highest BCUT2D eigenvalue weighted by molar-refractivity contribution is 6.05. The lowest BCUT2D eigenvalue weighted by atomic mass is 10.1. The van der Waals surface area contributed by atoms with E-state index in [1.165, 1.54) is 6.07 Å². The fourth-order valence-corrected chi connectivity index (χ4v) is 3.01. The highest BCUT2D eigenvalue weighted by Crippen LogP contribution is 2.24. The fraction of sp³-hybridized carbons (Fsp3) is 0.389. The molecule has 2 heterocycles. The molecule has 0 unspecified atom stereocenters. The number of benzene rings is 1. The average molecular weight is 362 g/mol. The molecular formula is C18H20F2N4O2. The molecule has 0 radical (unpaired) electrons. The zero-order valence-corrected chi connectivity index (χ0v) is 14.6. The van der Waals surface area contributed by atoms with Gasteiger partial charge in [-0.05, 0) is 45.2 Å². The van der Waals surface area contributed by atoms with Gasteiger partial charge in [0.2, 0.25) is 0 Å². The van der Waals surface area contributed by atoms with Gasteiger partial charge >= 0.3 is 0 Å². The van der Waals surface area contributed by atoms with Crippen LogP contribution in [-0.4, -0.2) is 27.4 Å². The van der Waals surface area contributed by atoms with Crippen LogP contribution in [-0.2, 0) is 13.0 Å². The lowest BCUT2D eigenvalue weighted by molar-refractivity contribution is 0.0927. The first-order chi connectivity index (χ1) is 12.4. The lowest BCUT2D eigenvalue weighted by Gasteiger charge is -2.17. The van der Waals surface area contributed by atoms with Gasteiger partial charge < -0.3 is 15.2 Å². The summed E-state index contributed by atoms with van der Waals surface area (Å²) in [7, 11) is 0. The van der Waals surface area contributed by atoms with Crippen molar-refractivity contribution in [2.75, 3.05) is 5.32 Å². The normalized spacial score (nSPS) is 13.4. The van der Waals surface area contributed by atoms with Crippen LogP contribution in [0.4, 0.5) is 14.5 Å². The smallest absolute Gasteiger partial charge is 0.287 e. The van der Waals surface area contributed by atoms with Crippen molar-refractivity contribution >= 4 is 17.5 Å². The summed E-state index contributed by atoms with van der Waals surface area (Å²) in [6, 6.07) is 3.25. The second-order valence-electron chi connectivity index (χ2n) is 6.52. The van der Waals surface area contributed by atoms with Crippen molar-refractivity contribution in [2.45, 2.75) is 45.7 Å². The Morgan fingerprint density at radius 3 is 2.50 bits per heavy atom. The van der Waals surface area contributed by atoms with Crippen LogP contribution in [0.15, 0.2) is 18.2 Å². The maximum absolute atomic E-state index is 13.8. The molecule has 26 heavy (non-hydrogen) atoms. The van der Waals surface area contributed by atoms with Crippen LogP contribution in [0.5, 0.6) is 0 Å². The van der Waals surface area contributed by atoms with Crippen molar-refractivity contribution in [3.8, 4) is 0 Å². The van der Waals surface area contributed by atoms with E-state index >= 15 is 0 Å². The van der Waals surface area contributed by atoms with Gasteiger partial charge in [-0.25, -0.2) is 13.8 Å². The SMILES string of the molecule is CC(C)NC(=O)c1nc(C(=O)Nc2c(F)cccc2F)c2n1CCCC2. The molecule has 0 saturated carbocycles. The first-order valence-corrected chi connectivity index (χ1v) is 8.54. The summed E-state index contributed by atoms with van der Waals surface area (Å²) in [5.41, 5.74) is 0.115. The molecule has 0 saturated heterocycles. The molecule has 2 aromatic rings. The van der Waals surface area contributed by atoms with E-state index in [1.54, 1.807) is 4.57 Å². The zero-order chi connectivity index (χ0) is 18.8. The Morgan fingerprint density at radius 2 is 1.85 bits per heavy atom. The minimum absolute atomic E-state index is 0.0289. The van der Waals surface area contributed by atoms with Gasteiger partial charge in [0.05, 0.1) is 5.69 Å². The Balaban J connectivity index is 1.95. The summed E-state index contributed by atoms with van der Waals surface area (Å²) in [5.74, 6) is -2.71. The number of rotatable bonds is 4. The Kier molecular flexibility index (Phi) is 5.01. The maximum atomic E-state index is 13.8. The Labute approximate surface area is 149 Å². The van der Waals surface area contributed by atoms with Crippen LogP contribution in [0.3, 0.4) is 0 Å². The quantitative estimate of drug-likeness (QED) is 0.878. The molecule has 6 nitrogen and oxygen atoms in total. The minimum atomic E-state index is -0.871. The highest BCUT2D eigenvalue weighted by Gasteiger charge is 2.28. The number of aromatic nitrogens is 2. The number of para-hydroxylation sites is 1. The van der Waals surface area contributed by atoms with Gasteiger partial charge in [0.15, 0.2) is 11.5 Å². The molecule has 0 bridgehead atoms. The van der Waals surface area contributed by atoms with Crippen molar-refractivity contribution in [2.24, 2.45) is 0 Å². The number of halogens is 2. The van der Waals surface area contributed by atoms with Crippen LogP contribution < -0.4 is 10.6 Å². The number of carbonyl (C=O) groups is 2. The molecular weight excluding hydrogens is 342 g/mol. The van der Waals surface area contributed by atoms with E-state index in [2.05, 4.69) is 15.6 Å². The Morgan fingerprint density at radius 1 is 1.15 bits per heavy atom. The molecule has 0 fully saturated rings. The summed E-state index contributed by atoms with van der Waals surface area (Å²) in [6.45, 7) is 4.23. The van der Waals surface area contributed by atoms with E-state index < -0.39 is 23.2 Å². The first kappa shape index (κ1) is 18.0. The number of nitrogens with one attached hydrogen (secondary N) is 2. The van der Waals surface area contributed by atoms with Gasteiger partial charge in [-0.1, -0.05) is 6.07 Å². The fourth-order valence-electron chi connectivity index (χ4n) is 3.01. The monoisotopic (exact) mass is 362 g/mol. The van der Waals surface area contributed by atoms with E-state index in [1.807, 2.05) is 13.8 Å². The maximum Gasteiger partial charge on any atom is 0.287 e. The van der Waals surface area contributed by atoms with Crippen LogP contribution in [0.2, 0.25) is 0 Å². The molecule has 0 atom stereocenters. The Hall–Kier alpha value is -2.77. The number of hydrogen-bond donors (Lipinski definition) is 2. The molecule has 138 valence electrons. The predicted molar refractivity (Wildman–Crippen MR) is 92.1 cm³/mol. The van der Waals surface area contributed by atoms with Crippen molar-refractivity contribution in [3.63, 3.8) is 0 Å². The summed E-state index contributed by atoms with van der Waals surface area (Å²) in [4.78, 5) is 29.2. The third-order valence-corrected chi connectivity index (χ3v) is 4.16. The number of imidazole rings is 1. The number of hydrogen-bond acceptors (Lipinski definition) is 3. The number of fused-ring (bicyclic) bond motifs is 1. The predicted octanol–water partition coefficient (Wildman–Crippen LogP) is 2.89. The van der Waals surface area contributed by atoms with Crippen molar-refractivity contribution in [1.29, 1.82) is 0 Å². The average Bonchev–Trinajstić information content (AvgIpc) is 2.97. The molecule has 1 aliphatic heterocycles. The molecule has 0 aliphatic carbocycles. The van der Waals surface area contributed by atoms with Gasteiger partial charge in [-0.15, -0.1) is 0 Å². The van der Waals surface area contributed by atoms with E-state index in [4.69, 9.17) is 0 Å². The van der Waals surface area contributed by atoms with Crippen LogP contribution in [0.25, 0.3) is 0 Å². The second-order valence-corrected chi connectivity index (χ2v) is 6.52. The molecule has 0 spiro atoms. The summed E-state index contributed by atoms with van der Waals surface area (Å²) >= 11 is 0. The molecule has 1 aliphatic rings. The van der Waals surface area contributed by atoms with Gasteiger partial charge in [0, 0.05) is 12.6 Å². The topological polar surface area (TPSA) is 76.0 Å². The first-order valence-electron chi connectivity index (χ1n) is 8.54. The van der Waals surface area contributed by atoms with E-state index in [0.29, 0.717) is 18.7 Å². The summed E-state index contributed by atoms with van der Waals surface area (Å²) in [5, 5.41) is 5.00. The standard InChI is InChI=1S/C18H20F2N4O2/c1-10(2)21-18(26)16-22-15(13-8-3-4-9-24(13)16)17(25)23-14-11(19)6-5-7-12(14)20/h5-7,10H,3-4,8-9H2,1-2H3,(H,21,26)(H,23,25). The van der Waals surface area contributed by atoms with Crippen molar-refractivity contribution in [1.82, 2.24) is 14.9 Å². The zero-order valence-electron chi connectivity index (χ0n) is 14.6. The molecule has 1 aromatic carbocycles. The summed E-state index contributed by atoms with van der Waals surface area (Å²) in [6.07, 6.45) is 2.30. The third kappa shape index (κ3) is 3.44. The van der Waals surface area contributed by atoms with Crippen LogP contribution in [0, 0.1) is 11.6 Å². The van der Waals surface area contributed by atoms with Crippen molar-refractivity contribution < 1.29 is 18.4 Å². The minimum Gasteiger partial charge on any atom is -0.347 e. The number of nitrogens with zero attached hydrogens (tertiary/aromatic N) is 2. The highest BCUT2D eigenvalue weighted by atomic mass is 19.1. The molecule has 1 aromatic heterocycles. The van der Waals surface area contributed by atoms with E-state index in [0.717, 1.165) is 25.0 Å². The number of amides is 2. The lowest BCUT2D eigenvalue weighted by Crippen LogP contribution is -2.33. The molecule has 2 N–H and O–H groups in total. The molecule has 3 rings (SSSR count). The van der Waals surface area contributed by atoms with Gasteiger partial charge in [-0.3, -0.25) is 9.59 Å². The van der Waals surface area contributed by atoms with Gasteiger partial charge in [0.1, 0.15) is 17.3 Å². The largest absolute Gasteiger partial charge is 0.347 e. The summed E-state index contributed by atoms with van der Waals surface area (Å²) < 4.78 is 29.3. The Bertz CT molecular complexity index is 841. The van der Waals surface area contributed by atoms with Crippen LogP contribution in [0.1, 0.15) is 53.5 Å². The van der Waals surface area contributed by atoms with Crippen molar-refractivity contribution in [3.05, 3.63) is 47.0 Å². The van der Waals surface area contributed by atoms with Gasteiger partial charge in [-0.2, -0.15) is 0 Å². The molecule has 2 amide bonds. The van der Waals surface area contributed by atoms with E-state index in [-0.39, 0.29) is 23.5 Å². The number of anilines is 1. The number of carbonyl (C=O) groups excluding carboxylic acids is 2. The van der Waals surface area contributed by atoms with Gasteiger partial charge in [0.25, 0.3) is 11.8 Å².